The molecule has 12 heteroatoms. The second kappa shape index (κ2) is 2.97. The Hall–Kier alpha value is -2.40. The van der Waals surface area contributed by atoms with E-state index in [1.165, 1.54) is 0 Å². The van der Waals surface area contributed by atoms with Crippen LogP contribution in [-0.2, 0) is 0 Å². The van der Waals surface area contributed by atoms with Crippen LogP contribution in [0.3, 0.4) is 0 Å². The maximum Gasteiger partial charge on any atom is 0.465 e. The molecular weight excluding hydrogens is 328 g/mol. The van der Waals surface area contributed by atoms with Crippen LogP contribution in [-0.4, -0.2) is 31.0 Å². The van der Waals surface area contributed by atoms with Crippen LogP contribution in [0.1, 0.15) is 0 Å². The van der Waals surface area contributed by atoms with Crippen molar-refractivity contribution in [1.29, 1.82) is 0 Å². The van der Waals surface area contributed by atoms with E-state index < -0.39 is 66.5 Å². The molecule has 7 rings (SSSR count). The van der Waals surface area contributed by atoms with Crippen LogP contribution >= 0.6 is 0 Å². The number of hydrogen-bond acceptors (Lipinski definition) is 8. The van der Waals surface area contributed by atoms with Crippen molar-refractivity contribution in [3.63, 3.8) is 0 Å². The van der Waals surface area contributed by atoms with Gasteiger partial charge in [0, 0.05) is 0 Å². The highest BCUT2D eigenvalue weighted by Gasteiger charge is 3.09. The van der Waals surface area contributed by atoms with Crippen LogP contribution in [0.15, 0.2) is 0 Å². The number of rotatable bonds is 4. The normalized spacial score (nSPS) is 56.7. The quantitative estimate of drug-likeness (QED) is 0.382. The summed E-state index contributed by atoms with van der Waals surface area (Å²) < 4.78 is 0. The van der Waals surface area contributed by atoms with E-state index in [9.17, 15) is 40.5 Å². The van der Waals surface area contributed by atoms with E-state index in [-0.39, 0.29) is 23.7 Å². The van der Waals surface area contributed by atoms with Crippen LogP contribution < -0.4 is 0 Å². The Morgan fingerprint density at radius 1 is 0.458 bits per heavy atom. The summed E-state index contributed by atoms with van der Waals surface area (Å²) in [6, 6.07) is 0. The second-order valence-electron chi connectivity index (χ2n) is 8.16. The summed E-state index contributed by atoms with van der Waals surface area (Å²) >= 11 is 0. The molecule has 7 aliphatic carbocycles. The zero-order valence-electron chi connectivity index (χ0n) is 11.8. The molecule has 0 aromatic carbocycles. The van der Waals surface area contributed by atoms with Crippen molar-refractivity contribution in [1.82, 2.24) is 0 Å². The second-order valence-corrected chi connectivity index (χ2v) is 8.16. The third-order valence-corrected chi connectivity index (χ3v) is 8.67. The van der Waals surface area contributed by atoms with Crippen molar-refractivity contribution >= 4 is 0 Å². The lowest BCUT2D eigenvalue weighted by Gasteiger charge is -2.41. The molecule has 0 spiro atoms. The molecule has 0 heterocycles. The molecule has 0 saturated heterocycles. The Morgan fingerprint density at radius 3 is 0.833 bits per heavy atom. The third kappa shape index (κ3) is 0.712. The highest BCUT2D eigenvalue weighted by molar-refractivity contribution is 5.41. The average molecular weight is 338 g/mol. The number of hydrogen-bond donors (Lipinski definition) is 0. The van der Waals surface area contributed by atoms with E-state index in [1.807, 2.05) is 0 Å². The van der Waals surface area contributed by atoms with Gasteiger partial charge in [0.05, 0.1) is 19.7 Å². The van der Waals surface area contributed by atoms with E-state index in [4.69, 9.17) is 0 Å². The van der Waals surface area contributed by atoms with Gasteiger partial charge in [-0.05, 0) is 35.5 Å². The molecule has 24 heavy (non-hydrogen) atoms. The lowest BCUT2D eigenvalue weighted by atomic mass is 9.60. The molecule has 4 atom stereocenters. The Kier molecular flexibility index (Phi) is 1.60. The van der Waals surface area contributed by atoms with Crippen LogP contribution in [0, 0.1) is 99.6 Å². The minimum Gasteiger partial charge on any atom is -0.258 e. The number of nitro groups is 4. The fourth-order valence-corrected chi connectivity index (χ4v) is 9.04. The topological polar surface area (TPSA) is 173 Å². The molecule has 0 aromatic rings. The molecular formula is C12H10N4O8. The molecule has 12 nitrogen and oxygen atoms in total. The largest absolute Gasteiger partial charge is 0.465 e. The summed E-state index contributed by atoms with van der Waals surface area (Å²) in [5.41, 5.74) is -4.58. The first-order valence-electron chi connectivity index (χ1n) is 7.84. The maximum atomic E-state index is 11.7. The molecule has 126 valence electrons. The first kappa shape index (κ1) is 13.0. The lowest BCUT2D eigenvalue weighted by Crippen LogP contribution is -2.55. The van der Waals surface area contributed by atoms with Gasteiger partial charge >= 0.3 is 11.3 Å². The van der Waals surface area contributed by atoms with E-state index in [0.29, 0.717) is 0 Å². The van der Waals surface area contributed by atoms with Crippen molar-refractivity contribution in [3.05, 3.63) is 40.5 Å². The highest BCUT2D eigenvalue weighted by atomic mass is 16.7. The molecule has 0 unspecified atom stereocenters. The van der Waals surface area contributed by atoms with E-state index >= 15 is 0 Å². The van der Waals surface area contributed by atoms with Crippen LogP contribution in [0.2, 0.25) is 0 Å². The lowest BCUT2D eigenvalue weighted by molar-refractivity contribution is -0.817. The molecule has 7 saturated carbocycles. The molecule has 0 aromatic heterocycles. The molecule has 0 aliphatic heterocycles. The van der Waals surface area contributed by atoms with Gasteiger partial charge in [-0.1, -0.05) is 0 Å². The Labute approximate surface area is 131 Å². The molecule has 0 amide bonds. The monoisotopic (exact) mass is 338 g/mol. The molecule has 0 N–H and O–H groups in total. The molecule has 0 radical (unpaired) electrons. The third-order valence-electron chi connectivity index (χ3n) is 8.67. The van der Waals surface area contributed by atoms with Crippen molar-refractivity contribution in [2.45, 2.75) is 11.3 Å². The average Bonchev–Trinajstić information content (AvgIpc) is 3.05. The Bertz CT molecular complexity index is 675. The van der Waals surface area contributed by atoms with Crippen molar-refractivity contribution in [3.8, 4) is 0 Å². The fraction of sp³-hybridized carbons (Fsp3) is 1.00. The summed E-state index contributed by atoms with van der Waals surface area (Å²) in [7, 11) is 0. The van der Waals surface area contributed by atoms with Crippen LogP contribution in [0.5, 0.6) is 0 Å². The summed E-state index contributed by atoms with van der Waals surface area (Å²) in [4.78, 5) is 43.6. The molecule has 4 bridgehead atoms. The van der Waals surface area contributed by atoms with Gasteiger partial charge in [0.1, 0.15) is 23.7 Å². The maximum absolute atomic E-state index is 11.7. The van der Waals surface area contributed by atoms with Gasteiger partial charge in [0.25, 0.3) is 0 Å². The van der Waals surface area contributed by atoms with Gasteiger partial charge in [-0.25, -0.2) is 0 Å². The summed E-state index contributed by atoms with van der Waals surface area (Å²) in [6.45, 7) is 0. The standard InChI is InChI=1S/C12H10N4O8/c17-13(18)11(14(19)20)7-1-2-4-3(1)9(11)6-5(7)8(2)12(10(4)6,15(21)22)16(23)24/h1-10H/t1?,2?,3?,4?,5?,6?,7-,8-,9-,10-/m0/s1. The number of nitrogens with zero attached hydrogens (tertiary/aromatic N) is 4. The zero-order valence-corrected chi connectivity index (χ0v) is 11.8. The fourth-order valence-electron chi connectivity index (χ4n) is 9.04. The Balaban J connectivity index is 1.63. The van der Waals surface area contributed by atoms with Gasteiger partial charge in [0.15, 0.2) is 0 Å². The van der Waals surface area contributed by atoms with Crippen molar-refractivity contribution in [2.24, 2.45) is 59.2 Å². The van der Waals surface area contributed by atoms with Gasteiger partial charge < -0.3 is 0 Å². The molecule has 7 aliphatic rings. The van der Waals surface area contributed by atoms with Gasteiger partial charge in [0.2, 0.25) is 0 Å². The zero-order chi connectivity index (χ0) is 17.1. The summed E-state index contributed by atoms with van der Waals surface area (Å²) in [5.74, 6) is -6.11. The van der Waals surface area contributed by atoms with Gasteiger partial charge in [-0.3, -0.25) is 40.5 Å². The van der Waals surface area contributed by atoms with Gasteiger partial charge in [-0.2, -0.15) is 0 Å². The van der Waals surface area contributed by atoms with Crippen LogP contribution in [0.4, 0.5) is 0 Å². The smallest absolute Gasteiger partial charge is 0.258 e. The predicted molar refractivity (Wildman–Crippen MR) is 68.3 cm³/mol. The summed E-state index contributed by atoms with van der Waals surface area (Å²) in [5, 5.41) is 46.9. The van der Waals surface area contributed by atoms with E-state index in [1.54, 1.807) is 0 Å². The van der Waals surface area contributed by atoms with Gasteiger partial charge in [-0.15, -0.1) is 0 Å². The van der Waals surface area contributed by atoms with Crippen LogP contribution in [0.25, 0.3) is 0 Å². The predicted octanol–water partition coefficient (Wildman–Crippen LogP) is -0.271. The highest BCUT2D eigenvalue weighted by Crippen LogP contribution is 2.95. The van der Waals surface area contributed by atoms with E-state index in [0.717, 1.165) is 0 Å². The minimum absolute atomic E-state index is 0.325. The van der Waals surface area contributed by atoms with Crippen molar-refractivity contribution in [2.75, 3.05) is 0 Å². The molecule has 7 fully saturated rings. The SMILES string of the molecule is O=[N+]([O-])C1([N+](=O)[O-])[C@H]2C3C4C5C3[C@H]3C2C([C@H]41)[C@H]5C3([N+](=O)[O-])[N+](=O)[O-]. The first-order chi connectivity index (χ1) is 11.3. The Morgan fingerprint density at radius 2 is 0.667 bits per heavy atom. The minimum atomic E-state index is -2.29. The van der Waals surface area contributed by atoms with Crippen molar-refractivity contribution < 1.29 is 19.7 Å². The first-order valence-corrected chi connectivity index (χ1v) is 7.84. The van der Waals surface area contributed by atoms with E-state index in [2.05, 4.69) is 0 Å². The summed E-state index contributed by atoms with van der Waals surface area (Å²) in [6.07, 6.45) is 0.